The minimum atomic E-state index is -0.638. The first kappa shape index (κ1) is 30.3. The normalized spacial score (nSPS) is 15.2. The lowest BCUT2D eigenvalue weighted by Crippen LogP contribution is -2.48. The fourth-order valence-corrected chi connectivity index (χ4v) is 6.20. The highest BCUT2D eigenvalue weighted by Gasteiger charge is 2.36. The van der Waals surface area contributed by atoms with Crippen LogP contribution in [0.2, 0.25) is 0 Å². The number of nitrogens with zero attached hydrogens (tertiary/aromatic N) is 1. The van der Waals surface area contributed by atoms with E-state index in [9.17, 15) is 4.79 Å². The lowest BCUT2D eigenvalue weighted by molar-refractivity contribution is -0.134. The summed E-state index contributed by atoms with van der Waals surface area (Å²) in [5.41, 5.74) is 15.3. The van der Waals surface area contributed by atoms with E-state index in [0.29, 0.717) is 48.9 Å². The first-order chi connectivity index (χ1) is 20.9. The zero-order valence-electron chi connectivity index (χ0n) is 25.6. The number of carbonyl (C=O) groups is 1. The predicted molar refractivity (Wildman–Crippen MR) is 169 cm³/mol. The summed E-state index contributed by atoms with van der Waals surface area (Å²) < 4.78 is 28.4. The number of rotatable bonds is 11. The number of fused-ring (bicyclic) bond motifs is 4. The van der Waals surface area contributed by atoms with Crippen LogP contribution in [0.5, 0.6) is 28.7 Å². The predicted octanol–water partition coefficient (Wildman–Crippen LogP) is 4.97. The zero-order chi connectivity index (χ0) is 30.7. The van der Waals surface area contributed by atoms with Gasteiger partial charge in [0.25, 0.3) is 0 Å². The van der Waals surface area contributed by atoms with Crippen molar-refractivity contribution in [2.24, 2.45) is 11.5 Å². The molecule has 5 rings (SSSR count). The van der Waals surface area contributed by atoms with E-state index in [1.54, 1.807) is 35.5 Å². The number of benzene rings is 4. The molecule has 9 nitrogen and oxygen atoms in total. The molecular formula is C34H41N3O6. The van der Waals surface area contributed by atoms with Crippen LogP contribution >= 0.6 is 0 Å². The summed E-state index contributed by atoms with van der Waals surface area (Å²) >= 11 is 0. The number of amides is 1. The zero-order valence-corrected chi connectivity index (χ0v) is 25.6. The van der Waals surface area contributed by atoms with Crippen molar-refractivity contribution >= 4 is 27.5 Å². The largest absolute Gasteiger partial charge is 0.497 e. The third-order valence-electron chi connectivity index (χ3n) is 8.43. The highest BCUT2D eigenvalue weighted by molar-refractivity contribution is 6.11. The minimum Gasteiger partial charge on any atom is -0.497 e. The van der Waals surface area contributed by atoms with E-state index in [2.05, 4.69) is 6.07 Å². The molecule has 228 valence electrons. The van der Waals surface area contributed by atoms with Gasteiger partial charge in [-0.1, -0.05) is 12.5 Å². The summed E-state index contributed by atoms with van der Waals surface area (Å²) in [4.78, 5) is 16.0. The van der Waals surface area contributed by atoms with Gasteiger partial charge in [0.2, 0.25) is 5.91 Å². The summed E-state index contributed by atoms with van der Waals surface area (Å²) in [6, 6.07) is 15.1. The maximum Gasteiger partial charge on any atom is 0.240 e. The molecule has 1 aliphatic rings. The van der Waals surface area contributed by atoms with E-state index in [1.165, 1.54) is 0 Å². The first-order valence-electron chi connectivity index (χ1n) is 14.6. The SMILES string of the molecule is COc1ccc2cc(C3c4cc(OC)c(OC)cc4CCN3C(=O)C(N)CCCCN)c3cc(OC)c(OC)cc3c2c1. The van der Waals surface area contributed by atoms with Gasteiger partial charge >= 0.3 is 0 Å². The molecule has 0 bridgehead atoms. The lowest BCUT2D eigenvalue weighted by atomic mass is 9.83. The Hall–Kier alpha value is -4.21. The van der Waals surface area contributed by atoms with Crippen molar-refractivity contribution in [3.8, 4) is 28.7 Å². The van der Waals surface area contributed by atoms with E-state index in [1.807, 2.05) is 47.4 Å². The van der Waals surface area contributed by atoms with Gasteiger partial charge in [0.05, 0.1) is 47.6 Å². The summed E-state index contributed by atoms with van der Waals surface area (Å²) in [5.74, 6) is 3.11. The monoisotopic (exact) mass is 587 g/mol. The Morgan fingerprint density at radius 1 is 0.791 bits per heavy atom. The van der Waals surface area contributed by atoms with Crippen LogP contribution in [0, 0.1) is 0 Å². The molecule has 0 saturated carbocycles. The van der Waals surface area contributed by atoms with Crippen molar-refractivity contribution in [2.45, 2.75) is 37.8 Å². The summed E-state index contributed by atoms with van der Waals surface area (Å²) in [5, 5.41) is 3.89. The number of unbranched alkanes of at least 4 members (excludes halogenated alkanes) is 1. The van der Waals surface area contributed by atoms with E-state index in [0.717, 1.165) is 56.8 Å². The van der Waals surface area contributed by atoms with Crippen LogP contribution < -0.4 is 35.2 Å². The topological polar surface area (TPSA) is 118 Å². The molecule has 0 aromatic heterocycles. The molecule has 0 fully saturated rings. The van der Waals surface area contributed by atoms with Crippen molar-refractivity contribution in [1.29, 1.82) is 0 Å². The molecule has 4 aromatic carbocycles. The highest BCUT2D eigenvalue weighted by atomic mass is 16.5. The average molecular weight is 588 g/mol. The number of nitrogens with two attached hydrogens (primary N) is 2. The molecule has 2 unspecified atom stereocenters. The number of hydrogen-bond acceptors (Lipinski definition) is 8. The standard InChI is InChI=1S/C34H41N3O6/c1-39-22-10-9-20-14-27(26-19-32(43-5)31(42-4)18-25(26)23(20)16-22)33-24-17-30(41-3)29(40-2)15-21(24)11-13-37(33)34(38)28(36)8-6-7-12-35/h9-10,14-19,28,33H,6-8,11-13,35-36H2,1-5H3. The van der Waals surface area contributed by atoms with Gasteiger partial charge in [-0.3, -0.25) is 4.79 Å². The van der Waals surface area contributed by atoms with Gasteiger partial charge in [-0.2, -0.15) is 0 Å². The summed E-state index contributed by atoms with van der Waals surface area (Å²) in [6.07, 6.45) is 2.85. The number of methoxy groups -OCH3 is 5. The Balaban J connectivity index is 1.81. The van der Waals surface area contributed by atoms with Gasteiger partial charge in [-0.15, -0.1) is 0 Å². The molecule has 0 spiro atoms. The van der Waals surface area contributed by atoms with E-state index < -0.39 is 12.1 Å². The van der Waals surface area contributed by atoms with E-state index >= 15 is 0 Å². The molecule has 0 aliphatic carbocycles. The van der Waals surface area contributed by atoms with E-state index in [4.69, 9.17) is 35.2 Å². The molecule has 0 saturated heterocycles. The molecule has 1 amide bonds. The molecule has 4 aromatic rings. The molecular weight excluding hydrogens is 546 g/mol. The van der Waals surface area contributed by atoms with Crippen LogP contribution in [0.4, 0.5) is 0 Å². The lowest BCUT2D eigenvalue weighted by Gasteiger charge is -2.40. The van der Waals surface area contributed by atoms with Gasteiger partial charge < -0.3 is 40.1 Å². The van der Waals surface area contributed by atoms with Crippen molar-refractivity contribution in [3.05, 3.63) is 65.2 Å². The molecule has 0 radical (unpaired) electrons. The van der Waals surface area contributed by atoms with Crippen molar-refractivity contribution in [3.63, 3.8) is 0 Å². The van der Waals surface area contributed by atoms with Gasteiger partial charge in [0.15, 0.2) is 23.0 Å². The number of carbonyl (C=O) groups excluding carboxylic acids is 1. The van der Waals surface area contributed by atoms with Gasteiger partial charge in [-0.05, 0) is 107 Å². The van der Waals surface area contributed by atoms with Crippen molar-refractivity contribution < 1.29 is 28.5 Å². The fourth-order valence-electron chi connectivity index (χ4n) is 6.20. The van der Waals surface area contributed by atoms with E-state index in [-0.39, 0.29) is 5.91 Å². The highest BCUT2D eigenvalue weighted by Crippen LogP contribution is 2.46. The Morgan fingerprint density at radius 2 is 1.44 bits per heavy atom. The van der Waals surface area contributed by atoms with Gasteiger partial charge in [0, 0.05) is 6.54 Å². The smallest absolute Gasteiger partial charge is 0.240 e. The van der Waals surface area contributed by atoms with Crippen LogP contribution in [-0.2, 0) is 11.2 Å². The Bertz CT molecular complexity index is 1640. The third-order valence-corrected chi connectivity index (χ3v) is 8.43. The third kappa shape index (κ3) is 5.62. The van der Waals surface area contributed by atoms with Crippen LogP contribution in [0.1, 0.15) is 42.0 Å². The molecule has 43 heavy (non-hydrogen) atoms. The van der Waals surface area contributed by atoms with Crippen molar-refractivity contribution in [2.75, 3.05) is 48.6 Å². The molecule has 1 heterocycles. The second kappa shape index (κ2) is 13.0. The first-order valence-corrected chi connectivity index (χ1v) is 14.6. The average Bonchev–Trinajstić information content (AvgIpc) is 3.05. The van der Waals surface area contributed by atoms with Crippen LogP contribution in [0.25, 0.3) is 21.5 Å². The maximum atomic E-state index is 14.1. The van der Waals surface area contributed by atoms with Crippen LogP contribution in [0.3, 0.4) is 0 Å². The Kier molecular flexibility index (Phi) is 9.13. The molecule has 1 aliphatic heterocycles. The minimum absolute atomic E-state index is 0.0917. The second-order valence-corrected chi connectivity index (χ2v) is 10.8. The summed E-state index contributed by atoms with van der Waals surface area (Å²) in [6.45, 7) is 1.08. The second-order valence-electron chi connectivity index (χ2n) is 10.8. The van der Waals surface area contributed by atoms with Crippen LogP contribution in [-0.4, -0.2) is 65.5 Å². The maximum absolute atomic E-state index is 14.1. The summed E-state index contributed by atoms with van der Waals surface area (Å²) in [7, 11) is 8.15. The fraction of sp³-hybridized carbons (Fsp3) is 0.382. The Labute approximate surface area is 252 Å². The molecule has 9 heteroatoms. The van der Waals surface area contributed by atoms with Crippen molar-refractivity contribution in [1.82, 2.24) is 4.90 Å². The van der Waals surface area contributed by atoms with Gasteiger partial charge in [0.1, 0.15) is 5.75 Å². The molecule has 2 atom stereocenters. The molecule has 4 N–H and O–H groups in total. The van der Waals surface area contributed by atoms with Gasteiger partial charge in [-0.25, -0.2) is 0 Å². The number of ether oxygens (including phenoxy) is 5. The Morgan fingerprint density at radius 3 is 2.09 bits per heavy atom. The van der Waals surface area contributed by atoms with Crippen LogP contribution in [0.15, 0.2) is 48.5 Å². The quantitative estimate of drug-likeness (QED) is 0.187. The number of hydrogen-bond donors (Lipinski definition) is 2.